The lowest BCUT2D eigenvalue weighted by Gasteiger charge is -2.35. The Bertz CT molecular complexity index is 1520. The van der Waals surface area contributed by atoms with E-state index in [1.54, 1.807) is 33.8 Å². The number of imide groups is 1. The minimum atomic E-state index is -0.592. The molecule has 3 aromatic rings. The third-order valence-corrected chi connectivity index (χ3v) is 6.84. The molecule has 3 aliphatic rings. The van der Waals surface area contributed by atoms with Crippen molar-refractivity contribution >= 4 is 46.8 Å². The van der Waals surface area contributed by atoms with Crippen molar-refractivity contribution in [3.8, 4) is 0 Å². The van der Waals surface area contributed by atoms with Gasteiger partial charge in [-0.1, -0.05) is 0 Å². The van der Waals surface area contributed by atoms with Gasteiger partial charge in [-0.25, -0.2) is 9.37 Å². The summed E-state index contributed by atoms with van der Waals surface area (Å²) >= 11 is 0. The van der Waals surface area contributed by atoms with Crippen molar-refractivity contribution < 1.29 is 23.5 Å². The van der Waals surface area contributed by atoms with E-state index in [1.807, 2.05) is 13.8 Å². The molecule has 1 saturated carbocycles. The first-order chi connectivity index (χ1) is 18.7. The molecule has 2 saturated heterocycles. The van der Waals surface area contributed by atoms with Gasteiger partial charge in [0.1, 0.15) is 17.5 Å². The second kappa shape index (κ2) is 9.77. The predicted molar refractivity (Wildman–Crippen MR) is 141 cm³/mol. The van der Waals surface area contributed by atoms with Crippen LogP contribution in [0.4, 0.5) is 21.7 Å². The number of fused-ring (bicyclic) bond motifs is 1. The molecule has 1 aromatic carbocycles. The second-order valence-corrected chi connectivity index (χ2v) is 10.3. The molecule has 12 heteroatoms. The van der Waals surface area contributed by atoms with Gasteiger partial charge in [-0.2, -0.15) is 9.61 Å². The van der Waals surface area contributed by atoms with E-state index in [-0.39, 0.29) is 41.7 Å². The van der Waals surface area contributed by atoms with Crippen molar-refractivity contribution in [3.63, 3.8) is 0 Å². The molecule has 4 heterocycles. The van der Waals surface area contributed by atoms with Gasteiger partial charge in [0, 0.05) is 41.9 Å². The Labute approximate surface area is 223 Å². The Balaban J connectivity index is 1.29. The van der Waals surface area contributed by atoms with E-state index in [0.29, 0.717) is 47.6 Å². The molecule has 3 amide bonds. The third-order valence-electron chi connectivity index (χ3n) is 6.84. The van der Waals surface area contributed by atoms with E-state index >= 15 is 4.39 Å². The second-order valence-electron chi connectivity index (χ2n) is 10.3. The number of aromatic nitrogens is 3. The number of carbonyl (C=O) groups excluding carboxylic acids is 3. The first kappa shape index (κ1) is 25.0. The van der Waals surface area contributed by atoms with Crippen LogP contribution in [0.25, 0.3) is 11.7 Å². The van der Waals surface area contributed by atoms with Gasteiger partial charge in [0.05, 0.1) is 30.5 Å². The summed E-state index contributed by atoms with van der Waals surface area (Å²) in [7, 11) is 0. The minimum absolute atomic E-state index is 0.0140. The lowest BCUT2D eigenvalue weighted by atomic mass is 10.1. The lowest BCUT2D eigenvalue weighted by Crippen LogP contribution is -2.48. The molecule has 0 bridgehead atoms. The molecule has 3 fully saturated rings. The number of carbonyl (C=O) groups is 3. The van der Waals surface area contributed by atoms with Crippen LogP contribution in [-0.2, 0) is 14.3 Å². The first-order valence-corrected chi connectivity index (χ1v) is 12.9. The Hall–Kier alpha value is -4.32. The summed E-state index contributed by atoms with van der Waals surface area (Å²) in [6.45, 7) is 4.71. The summed E-state index contributed by atoms with van der Waals surface area (Å²) in [5.41, 5.74) is 1.72. The number of morpholine rings is 1. The Morgan fingerprint density at radius 3 is 2.62 bits per heavy atom. The maximum atomic E-state index is 15.2. The van der Waals surface area contributed by atoms with Gasteiger partial charge < -0.3 is 20.3 Å². The van der Waals surface area contributed by atoms with Crippen LogP contribution < -0.4 is 16.0 Å². The minimum Gasteiger partial charge on any atom is -0.372 e. The Morgan fingerprint density at radius 1 is 1.18 bits per heavy atom. The smallest absolute Gasteiger partial charge is 0.254 e. The van der Waals surface area contributed by atoms with Crippen LogP contribution in [0.15, 0.2) is 36.0 Å². The monoisotopic (exact) mass is 533 g/mol. The van der Waals surface area contributed by atoms with Gasteiger partial charge in [-0.05, 0) is 51.0 Å². The molecular weight excluding hydrogens is 505 g/mol. The maximum Gasteiger partial charge on any atom is 0.254 e. The molecule has 6 rings (SSSR count). The zero-order valence-corrected chi connectivity index (χ0v) is 21.5. The van der Waals surface area contributed by atoms with E-state index in [1.165, 1.54) is 12.1 Å². The number of hydrogen-bond acceptors (Lipinski definition) is 8. The summed E-state index contributed by atoms with van der Waals surface area (Å²) in [6.07, 6.45) is 5.03. The normalized spacial score (nSPS) is 22.4. The Morgan fingerprint density at radius 2 is 1.95 bits per heavy atom. The number of ether oxygens (including phenoxy) is 1. The average Bonchev–Trinajstić information content (AvgIpc) is 3.52. The molecule has 2 atom stereocenters. The Kier molecular flexibility index (Phi) is 6.26. The van der Waals surface area contributed by atoms with Crippen LogP contribution in [0, 0.1) is 5.82 Å². The molecule has 3 N–H and O–H groups in total. The number of rotatable bonds is 6. The van der Waals surface area contributed by atoms with Crippen molar-refractivity contribution in [2.75, 3.05) is 23.7 Å². The molecule has 202 valence electrons. The van der Waals surface area contributed by atoms with E-state index < -0.39 is 11.7 Å². The highest BCUT2D eigenvalue weighted by Gasteiger charge is 2.28. The number of anilines is 3. The molecule has 2 aliphatic heterocycles. The number of nitrogens with zero attached hydrogens (tertiary/aromatic N) is 4. The van der Waals surface area contributed by atoms with Crippen LogP contribution in [0.3, 0.4) is 0 Å². The number of halogens is 1. The van der Waals surface area contributed by atoms with Gasteiger partial charge >= 0.3 is 0 Å². The highest BCUT2D eigenvalue weighted by atomic mass is 19.1. The molecule has 39 heavy (non-hydrogen) atoms. The first-order valence-electron chi connectivity index (χ1n) is 12.9. The molecule has 0 unspecified atom stereocenters. The van der Waals surface area contributed by atoms with Gasteiger partial charge in [0.15, 0.2) is 5.65 Å². The average molecular weight is 534 g/mol. The predicted octanol–water partition coefficient (Wildman–Crippen LogP) is 2.87. The van der Waals surface area contributed by atoms with Crippen LogP contribution in [-0.4, -0.2) is 68.6 Å². The summed E-state index contributed by atoms with van der Waals surface area (Å²) in [5, 5.41) is 13.1. The van der Waals surface area contributed by atoms with Gasteiger partial charge in [0.25, 0.3) is 11.8 Å². The maximum absolute atomic E-state index is 15.2. The van der Waals surface area contributed by atoms with Gasteiger partial charge in [0.2, 0.25) is 5.91 Å². The number of benzene rings is 1. The summed E-state index contributed by atoms with van der Waals surface area (Å²) in [6, 6.07) is 6.37. The van der Waals surface area contributed by atoms with Crippen LogP contribution in [0.1, 0.15) is 49.0 Å². The van der Waals surface area contributed by atoms with E-state index in [9.17, 15) is 14.4 Å². The van der Waals surface area contributed by atoms with E-state index in [0.717, 1.165) is 12.8 Å². The van der Waals surface area contributed by atoms with E-state index in [4.69, 9.17) is 4.74 Å². The largest absolute Gasteiger partial charge is 0.372 e. The fraction of sp³-hybridized carbons (Fsp3) is 0.370. The molecule has 11 nitrogen and oxygen atoms in total. The molecule has 1 aliphatic carbocycles. The summed E-state index contributed by atoms with van der Waals surface area (Å²) in [5.74, 6) is -0.627. The molecule has 2 aromatic heterocycles. The number of nitrogens with one attached hydrogen (secondary N) is 3. The molecule has 0 radical (unpaired) electrons. The van der Waals surface area contributed by atoms with E-state index in [2.05, 4.69) is 26.0 Å². The summed E-state index contributed by atoms with van der Waals surface area (Å²) < 4.78 is 22.5. The van der Waals surface area contributed by atoms with Crippen molar-refractivity contribution in [3.05, 3.63) is 53.0 Å². The zero-order valence-electron chi connectivity index (χ0n) is 21.5. The topological polar surface area (TPSA) is 130 Å². The van der Waals surface area contributed by atoms with Crippen LogP contribution >= 0.6 is 0 Å². The standard InChI is InChI=1S/C27H28FN7O4/c1-14-12-34(13-15(2)39-14)27(38)16-3-6-21(20(28)8-16)31-22-10-23(30-19-4-5-19)35-25(32-22)18(11-29-35)7-17-9-24(36)33-26(17)37/h3,6-8,10-11,14-15,19,30H,4-5,9,12-13H2,1-2H3,(H,31,32)(H,33,36,37)/b17-7+/t14-,15+. The lowest BCUT2D eigenvalue weighted by molar-refractivity contribution is -0.124. The van der Waals surface area contributed by atoms with Crippen LogP contribution in [0.2, 0.25) is 0 Å². The fourth-order valence-electron chi connectivity index (χ4n) is 4.91. The quantitative estimate of drug-likeness (QED) is 0.326. The number of amides is 3. The van der Waals surface area contributed by atoms with Crippen LogP contribution in [0.5, 0.6) is 0 Å². The third kappa shape index (κ3) is 5.19. The summed E-state index contributed by atoms with van der Waals surface area (Å²) in [4.78, 5) is 43.0. The van der Waals surface area contributed by atoms with Crippen molar-refractivity contribution in [2.45, 2.75) is 51.4 Å². The van der Waals surface area contributed by atoms with Crippen molar-refractivity contribution in [1.29, 1.82) is 0 Å². The highest BCUT2D eigenvalue weighted by Crippen LogP contribution is 2.30. The fourth-order valence-corrected chi connectivity index (χ4v) is 4.91. The molecule has 0 spiro atoms. The number of hydrogen-bond donors (Lipinski definition) is 3. The zero-order chi connectivity index (χ0) is 27.3. The SMILES string of the molecule is C[C@@H]1CN(C(=O)c2ccc(Nc3cc(NC4CC4)n4ncc(/C=C5\CC(=O)NC5=O)c4n3)c(F)c2)C[C@H](C)O1. The van der Waals surface area contributed by atoms with Crippen molar-refractivity contribution in [2.24, 2.45) is 0 Å². The molecular formula is C27H28FN7O4. The van der Waals surface area contributed by atoms with Gasteiger partial charge in [-0.3, -0.25) is 19.7 Å². The van der Waals surface area contributed by atoms with Gasteiger partial charge in [-0.15, -0.1) is 0 Å². The highest BCUT2D eigenvalue weighted by molar-refractivity contribution is 6.15. The van der Waals surface area contributed by atoms with Crippen molar-refractivity contribution in [1.82, 2.24) is 24.8 Å².